The SMILES string of the molecule is C=C(C)C(=O)OCCOc1ccc(-c2ccc(-c3ccc(CCCOC(=O)C(=C)COC)cc3)cc2)c(C2CCC(OC(=O)C(=C)CO)CC2)c1. The van der Waals surface area contributed by atoms with Gasteiger partial charge in [-0.15, -0.1) is 0 Å². The van der Waals surface area contributed by atoms with Gasteiger partial charge in [-0.2, -0.15) is 0 Å². The van der Waals surface area contributed by atoms with E-state index in [-0.39, 0.29) is 37.4 Å². The maximum absolute atomic E-state index is 12.2. The van der Waals surface area contributed by atoms with Crippen molar-refractivity contribution >= 4 is 17.9 Å². The molecule has 0 atom stereocenters. The zero-order valence-electron chi connectivity index (χ0n) is 29.6. The molecular formula is C42H48O9. The summed E-state index contributed by atoms with van der Waals surface area (Å²) >= 11 is 0. The van der Waals surface area contributed by atoms with Crippen LogP contribution in [0.2, 0.25) is 0 Å². The Kier molecular flexibility index (Phi) is 14.8. The third kappa shape index (κ3) is 11.5. The van der Waals surface area contributed by atoms with Crippen LogP contribution in [0.25, 0.3) is 22.3 Å². The Hall–Kier alpha value is -4.99. The molecular weight excluding hydrogens is 648 g/mol. The Morgan fingerprint density at radius 3 is 2.00 bits per heavy atom. The molecule has 0 spiro atoms. The zero-order valence-corrected chi connectivity index (χ0v) is 29.6. The van der Waals surface area contributed by atoms with E-state index in [1.165, 1.54) is 7.11 Å². The highest BCUT2D eigenvalue weighted by molar-refractivity contribution is 5.88. The number of rotatable bonds is 18. The maximum atomic E-state index is 12.2. The second-order valence-corrected chi connectivity index (χ2v) is 12.7. The molecule has 0 radical (unpaired) electrons. The summed E-state index contributed by atoms with van der Waals surface area (Å²) in [5, 5.41) is 9.23. The number of aliphatic hydroxyl groups excluding tert-OH is 1. The minimum atomic E-state index is -0.553. The predicted molar refractivity (Wildman–Crippen MR) is 196 cm³/mol. The van der Waals surface area contributed by atoms with Crippen molar-refractivity contribution in [1.29, 1.82) is 0 Å². The lowest BCUT2D eigenvalue weighted by Crippen LogP contribution is -2.25. The van der Waals surface area contributed by atoms with Crippen molar-refractivity contribution in [2.75, 3.05) is 40.1 Å². The highest BCUT2D eigenvalue weighted by Crippen LogP contribution is 2.41. The molecule has 0 aliphatic heterocycles. The van der Waals surface area contributed by atoms with Gasteiger partial charge in [-0.3, -0.25) is 0 Å². The van der Waals surface area contributed by atoms with E-state index in [4.69, 9.17) is 23.7 Å². The van der Waals surface area contributed by atoms with Crippen molar-refractivity contribution in [2.45, 2.75) is 57.5 Å². The van der Waals surface area contributed by atoms with Gasteiger partial charge in [-0.05, 0) is 96.9 Å². The molecule has 1 N–H and O–H groups in total. The molecule has 0 aromatic heterocycles. The third-order valence-electron chi connectivity index (χ3n) is 8.76. The highest BCUT2D eigenvalue weighted by Gasteiger charge is 2.27. The van der Waals surface area contributed by atoms with Crippen LogP contribution in [0, 0.1) is 0 Å². The molecule has 0 bridgehead atoms. The maximum Gasteiger partial charge on any atom is 0.336 e. The number of aliphatic hydroxyl groups is 1. The number of hydrogen-bond donors (Lipinski definition) is 1. The van der Waals surface area contributed by atoms with Gasteiger partial charge in [0, 0.05) is 12.7 Å². The van der Waals surface area contributed by atoms with Gasteiger partial charge >= 0.3 is 17.9 Å². The van der Waals surface area contributed by atoms with E-state index < -0.39 is 24.5 Å². The fourth-order valence-corrected chi connectivity index (χ4v) is 5.92. The van der Waals surface area contributed by atoms with E-state index in [1.54, 1.807) is 6.92 Å². The van der Waals surface area contributed by atoms with Crippen molar-refractivity contribution in [3.05, 3.63) is 114 Å². The first-order valence-electron chi connectivity index (χ1n) is 17.2. The summed E-state index contributed by atoms with van der Waals surface area (Å²) in [6.07, 6.45) is 4.28. The van der Waals surface area contributed by atoms with Crippen molar-refractivity contribution < 1.29 is 43.2 Å². The summed E-state index contributed by atoms with van der Waals surface area (Å²) < 4.78 is 26.9. The van der Waals surface area contributed by atoms with Crippen LogP contribution in [-0.2, 0) is 39.8 Å². The summed E-state index contributed by atoms with van der Waals surface area (Å²) in [5.74, 6) is -0.541. The van der Waals surface area contributed by atoms with Gasteiger partial charge in [0.1, 0.15) is 25.1 Å². The average Bonchev–Trinajstić information content (AvgIpc) is 3.15. The number of aryl methyl sites for hydroxylation is 1. The molecule has 3 aromatic rings. The molecule has 1 aliphatic rings. The highest BCUT2D eigenvalue weighted by atomic mass is 16.6. The zero-order chi connectivity index (χ0) is 36.8. The lowest BCUT2D eigenvalue weighted by molar-refractivity contribution is -0.146. The van der Waals surface area contributed by atoms with E-state index in [9.17, 15) is 19.5 Å². The first-order chi connectivity index (χ1) is 24.6. The van der Waals surface area contributed by atoms with E-state index >= 15 is 0 Å². The number of carbonyl (C=O) groups excluding carboxylic acids is 3. The molecule has 0 unspecified atom stereocenters. The second kappa shape index (κ2) is 19.4. The van der Waals surface area contributed by atoms with E-state index in [2.05, 4.69) is 80.4 Å². The van der Waals surface area contributed by atoms with Crippen LogP contribution in [0.1, 0.15) is 56.1 Å². The summed E-state index contributed by atoms with van der Waals surface area (Å²) in [7, 11) is 1.51. The monoisotopic (exact) mass is 696 g/mol. The van der Waals surface area contributed by atoms with Crippen LogP contribution in [0.15, 0.2) is 103 Å². The van der Waals surface area contributed by atoms with Gasteiger partial charge in [0.2, 0.25) is 0 Å². The Labute approximate surface area is 300 Å². The fourth-order valence-electron chi connectivity index (χ4n) is 5.92. The van der Waals surface area contributed by atoms with Crippen molar-refractivity contribution in [2.24, 2.45) is 0 Å². The molecule has 0 saturated heterocycles. The molecule has 0 heterocycles. The Balaban J connectivity index is 1.43. The van der Waals surface area contributed by atoms with Crippen LogP contribution < -0.4 is 4.74 Å². The molecule has 270 valence electrons. The van der Waals surface area contributed by atoms with Gasteiger partial charge in [0.25, 0.3) is 0 Å². The molecule has 1 aliphatic carbocycles. The Morgan fingerprint density at radius 2 is 1.37 bits per heavy atom. The average molecular weight is 697 g/mol. The lowest BCUT2D eigenvalue weighted by Gasteiger charge is -2.30. The molecule has 1 fully saturated rings. The normalized spacial score (nSPS) is 15.4. The topological polar surface area (TPSA) is 118 Å². The van der Waals surface area contributed by atoms with Crippen molar-refractivity contribution in [1.82, 2.24) is 0 Å². The molecule has 51 heavy (non-hydrogen) atoms. The van der Waals surface area contributed by atoms with E-state index in [1.807, 2.05) is 6.07 Å². The fraction of sp³-hybridized carbons (Fsp3) is 0.357. The van der Waals surface area contributed by atoms with Gasteiger partial charge in [-0.25, -0.2) is 14.4 Å². The number of benzene rings is 3. The van der Waals surface area contributed by atoms with Crippen LogP contribution in [0.5, 0.6) is 5.75 Å². The third-order valence-corrected chi connectivity index (χ3v) is 8.76. The second-order valence-electron chi connectivity index (χ2n) is 12.7. The standard InChI is InChI=1S/C42H48O9/c1-28(2)40(44)50-24-23-48-37-20-21-38(39(25-37)35-16-18-36(19-17-35)51-42(46)29(3)26-43)34-14-12-33(13-15-34)32-10-8-31(9-11-32)7-6-22-49-41(45)30(4)27-47-5/h8-15,20-21,25,35-36,43H,1,3-4,6-7,16-19,22-24,26-27H2,2,5H3. The number of esters is 3. The summed E-state index contributed by atoms with van der Waals surface area (Å²) in [4.78, 5) is 35.8. The van der Waals surface area contributed by atoms with Crippen LogP contribution >= 0.6 is 0 Å². The summed E-state index contributed by atoms with van der Waals surface area (Å²) in [6, 6.07) is 22.9. The van der Waals surface area contributed by atoms with Gasteiger partial charge in [0.05, 0.1) is 31.0 Å². The minimum Gasteiger partial charge on any atom is -0.490 e. The first kappa shape index (κ1) is 38.8. The van der Waals surface area contributed by atoms with Crippen LogP contribution in [0.4, 0.5) is 0 Å². The van der Waals surface area contributed by atoms with Crippen LogP contribution in [0.3, 0.4) is 0 Å². The van der Waals surface area contributed by atoms with Gasteiger partial charge in [-0.1, -0.05) is 74.3 Å². The largest absolute Gasteiger partial charge is 0.490 e. The smallest absolute Gasteiger partial charge is 0.336 e. The molecule has 3 aromatic carbocycles. The number of carbonyl (C=O) groups is 3. The Morgan fingerprint density at radius 1 is 0.745 bits per heavy atom. The van der Waals surface area contributed by atoms with Gasteiger partial charge < -0.3 is 28.8 Å². The Bertz CT molecular complexity index is 1680. The van der Waals surface area contributed by atoms with Gasteiger partial charge in [0.15, 0.2) is 0 Å². The minimum absolute atomic E-state index is 0.0543. The summed E-state index contributed by atoms with van der Waals surface area (Å²) in [5.41, 5.74) is 7.35. The van der Waals surface area contributed by atoms with E-state index in [0.717, 1.165) is 52.6 Å². The number of ether oxygens (including phenoxy) is 5. The number of methoxy groups -OCH3 is 1. The van der Waals surface area contributed by atoms with Crippen molar-refractivity contribution in [3.63, 3.8) is 0 Å². The predicted octanol–water partition coefficient (Wildman–Crippen LogP) is 7.32. The van der Waals surface area contributed by atoms with E-state index in [0.29, 0.717) is 42.8 Å². The summed E-state index contributed by atoms with van der Waals surface area (Å²) in [6.45, 7) is 12.8. The molecule has 9 nitrogen and oxygen atoms in total. The molecule has 4 rings (SSSR count). The molecule has 1 saturated carbocycles. The number of hydrogen-bond acceptors (Lipinski definition) is 9. The lowest BCUT2D eigenvalue weighted by atomic mass is 9.79. The van der Waals surface area contributed by atoms with Crippen LogP contribution in [-0.4, -0.2) is 69.3 Å². The quantitative estimate of drug-likeness (QED) is 0.0632. The molecule has 0 amide bonds. The van der Waals surface area contributed by atoms with Crippen molar-refractivity contribution in [3.8, 4) is 28.0 Å². The first-order valence-corrected chi connectivity index (χ1v) is 17.2. The molecule has 9 heteroatoms.